The van der Waals surface area contributed by atoms with E-state index < -0.39 is 0 Å². The Morgan fingerprint density at radius 2 is 1.18 bits per heavy atom. The highest BCUT2D eigenvalue weighted by molar-refractivity contribution is 7.80. The number of rotatable bonds is 32. The third-order valence-electron chi connectivity index (χ3n) is 5.91. The number of benzene rings is 1. The van der Waals surface area contributed by atoms with Gasteiger partial charge in [0.1, 0.15) is 25.7 Å². The fraction of sp³-hybridized carbons (Fsp3) is 0.613. The van der Waals surface area contributed by atoms with Gasteiger partial charge in [-0.05, 0) is 55.1 Å². The second-order valence-corrected chi connectivity index (χ2v) is 10.3. The molecule has 0 aliphatic carbocycles. The third kappa shape index (κ3) is 29.5. The normalized spacial score (nSPS) is 10.7. The van der Waals surface area contributed by atoms with Gasteiger partial charge in [-0.1, -0.05) is 0 Å². The molecule has 18 heteroatoms. The molecule has 4 N–H and O–H groups in total. The number of anilines is 1. The fourth-order valence-electron chi connectivity index (χ4n) is 3.45. The summed E-state index contributed by atoms with van der Waals surface area (Å²) in [5.41, 5.74) is 1.58. The number of aliphatic imine (C=N–C) groups is 1. The zero-order chi connectivity index (χ0) is 35.5. The molecule has 1 aromatic rings. The predicted octanol–water partition coefficient (Wildman–Crippen LogP) is 1.26. The van der Waals surface area contributed by atoms with E-state index in [1.807, 2.05) is 24.3 Å². The molecule has 274 valence electrons. The maximum Gasteiger partial charge on any atom is 0.222 e. The number of ether oxygens (including phenoxy) is 8. The smallest absolute Gasteiger partial charge is 0.222 e. The second kappa shape index (κ2) is 33.3. The quantitative estimate of drug-likeness (QED) is 0.0275. The van der Waals surface area contributed by atoms with Crippen LogP contribution in [0.5, 0.6) is 0 Å². The van der Waals surface area contributed by atoms with Crippen molar-refractivity contribution in [3.63, 3.8) is 0 Å². The van der Waals surface area contributed by atoms with Crippen molar-refractivity contribution in [1.82, 2.24) is 15.9 Å². The van der Waals surface area contributed by atoms with Crippen molar-refractivity contribution in [3.8, 4) is 0 Å². The predicted molar refractivity (Wildman–Crippen MR) is 195 cm³/mol. The average molecular weight is 728 g/mol. The van der Waals surface area contributed by atoms with Crippen LogP contribution in [0.2, 0.25) is 0 Å². The highest BCUT2D eigenvalue weighted by atomic mass is 32.1. The van der Waals surface area contributed by atoms with Crippen molar-refractivity contribution in [1.29, 1.82) is 0 Å². The Hall–Kier alpha value is -3.19. The lowest BCUT2D eigenvalue weighted by atomic mass is 10.2. The number of thiocarbonyl (C=S) groups is 2. The molecule has 0 unspecified atom stereocenters. The summed E-state index contributed by atoms with van der Waals surface area (Å²) in [6, 6.07) is 7.35. The molecule has 0 aromatic heterocycles. The first-order valence-electron chi connectivity index (χ1n) is 16.1. The lowest BCUT2D eigenvalue weighted by Gasteiger charge is -2.11. The van der Waals surface area contributed by atoms with Gasteiger partial charge in [-0.15, -0.1) is 0 Å². The van der Waals surface area contributed by atoms with E-state index in [2.05, 4.69) is 43.5 Å². The molecule has 0 saturated carbocycles. The first kappa shape index (κ1) is 43.8. The van der Waals surface area contributed by atoms with Crippen molar-refractivity contribution >= 4 is 65.9 Å². The minimum absolute atomic E-state index is 0.0399. The number of amides is 2. The zero-order valence-corrected chi connectivity index (χ0v) is 29.9. The molecule has 0 bridgehead atoms. The highest BCUT2D eigenvalue weighted by Gasteiger charge is 2.03. The van der Waals surface area contributed by atoms with Gasteiger partial charge >= 0.3 is 0 Å². The van der Waals surface area contributed by atoms with E-state index in [1.54, 1.807) is 7.98 Å². The Bertz CT molecular complexity index is 1090. The van der Waals surface area contributed by atoms with Gasteiger partial charge in [0.15, 0.2) is 5.11 Å². The standard InChI is InChI=1S/C31H50BN5O10S2/c32-37-30(39)2-1-8-33-29(38)7-10-40-12-14-42-16-18-44-20-22-46-24-25-47-23-21-45-19-17-43-15-13-41-11-9-34-31(49)36-28-5-3-27(4-6-28)35-26-48/h3-6,20,22H,1-2,7-19,21,23-25,32H2,(H,33,38)(H,37,39)(H2,34,36,49)/b22-20+. The number of hydrogen-bond acceptors (Lipinski definition) is 13. The molecule has 1 rings (SSSR count). The lowest BCUT2D eigenvalue weighted by molar-refractivity contribution is -0.123. The van der Waals surface area contributed by atoms with Crippen LogP contribution in [0.4, 0.5) is 11.4 Å². The molecular formula is C31H50BN5O10S2. The van der Waals surface area contributed by atoms with E-state index in [0.717, 1.165) is 11.4 Å². The Kier molecular flexibility index (Phi) is 29.8. The topological polar surface area (TPSA) is 168 Å². The molecule has 0 atom stereocenters. The van der Waals surface area contributed by atoms with Crippen LogP contribution in [-0.2, 0) is 47.5 Å². The fourth-order valence-corrected chi connectivity index (χ4v) is 3.78. The van der Waals surface area contributed by atoms with Gasteiger partial charge in [0.2, 0.25) is 19.8 Å². The van der Waals surface area contributed by atoms with Crippen molar-refractivity contribution in [2.75, 3.05) is 111 Å². The summed E-state index contributed by atoms with van der Waals surface area (Å²) in [6.07, 6.45) is 4.17. The zero-order valence-electron chi connectivity index (χ0n) is 28.2. The minimum Gasteiger partial charge on any atom is -0.496 e. The third-order valence-corrected chi connectivity index (χ3v) is 6.25. The van der Waals surface area contributed by atoms with Crippen LogP contribution >= 0.6 is 24.4 Å². The number of isothiocyanates is 1. The Morgan fingerprint density at radius 3 is 1.71 bits per heavy atom. The van der Waals surface area contributed by atoms with Gasteiger partial charge in [0, 0.05) is 31.6 Å². The van der Waals surface area contributed by atoms with Gasteiger partial charge in [-0.2, -0.15) is 4.99 Å². The van der Waals surface area contributed by atoms with Gasteiger partial charge < -0.3 is 59.1 Å². The number of carbonyl (C=O) groups excluding carboxylic acids is 2. The van der Waals surface area contributed by atoms with E-state index >= 15 is 0 Å². The van der Waals surface area contributed by atoms with Crippen LogP contribution in [-0.4, -0.2) is 136 Å². The van der Waals surface area contributed by atoms with Crippen molar-refractivity contribution in [2.45, 2.75) is 19.3 Å². The number of carbonyl (C=O) groups is 2. The summed E-state index contributed by atoms with van der Waals surface area (Å²) in [5, 5.41) is 14.3. The molecule has 0 aliphatic heterocycles. The Balaban J connectivity index is 1.74. The maximum absolute atomic E-state index is 11.7. The van der Waals surface area contributed by atoms with Crippen LogP contribution < -0.4 is 21.2 Å². The summed E-state index contributed by atoms with van der Waals surface area (Å²) in [7, 11) is 1.59. The molecule has 2 amide bonds. The molecule has 0 radical (unpaired) electrons. The van der Waals surface area contributed by atoms with Gasteiger partial charge in [0.05, 0.1) is 90.1 Å². The molecule has 49 heavy (non-hydrogen) atoms. The van der Waals surface area contributed by atoms with Gasteiger partial charge in [-0.25, -0.2) is 0 Å². The van der Waals surface area contributed by atoms with Gasteiger partial charge in [-0.3, -0.25) is 9.59 Å². The van der Waals surface area contributed by atoms with E-state index in [9.17, 15) is 9.59 Å². The molecule has 0 saturated heterocycles. The van der Waals surface area contributed by atoms with E-state index in [4.69, 9.17) is 50.1 Å². The number of nitrogens with one attached hydrogen (secondary N) is 4. The average Bonchev–Trinajstić information content (AvgIpc) is 3.10. The van der Waals surface area contributed by atoms with Crippen molar-refractivity contribution in [2.24, 2.45) is 4.99 Å². The molecule has 0 spiro atoms. The van der Waals surface area contributed by atoms with Crippen LogP contribution in [0.25, 0.3) is 0 Å². The first-order valence-corrected chi connectivity index (χ1v) is 16.9. The SMILES string of the molecule is BNC(=O)CCCNC(=O)CCOCCOCCO/C=C/OCCOCCOCCOCCOCCNC(=S)Nc1ccc(N=C=S)cc1. The molecule has 15 nitrogen and oxygen atoms in total. The van der Waals surface area contributed by atoms with Crippen LogP contribution in [0, 0.1) is 0 Å². The van der Waals surface area contributed by atoms with Gasteiger partial charge in [0.25, 0.3) is 0 Å². The van der Waals surface area contributed by atoms with Crippen LogP contribution in [0.1, 0.15) is 19.3 Å². The Labute approximate surface area is 300 Å². The summed E-state index contributed by atoms with van der Waals surface area (Å²) < 4.78 is 43.3. The monoisotopic (exact) mass is 727 g/mol. The largest absolute Gasteiger partial charge is 0.496 e. The first-order chi connectivity index (χ1) is 24.0. The summed E-state index contributed by atoms with van der Waals surface area (Å²) in [4.78, 5) is 26.7. The molecule has 0 fully saturated rings. The number of hydrogen-bond donors (Lipinski definition) is 4. The van der Waals surface area contributed by atoms with Crippen LogP contribution in [0.15, 0.2) is 41.8 Å². The lowest BCUT2D eigenvalue weighted by Crippen LogP contribution is -2.31. The Morgan fingerprint density at radius 1 is 0.673 bits per heavy atom. The minimum atomic E-state index is -0.104. The molecule has 1 aromatic carbocycles. The van der Waals surface area contributed by atoms with E-state index in [0.29, 0.717) is 124 Å². The van der Waals surface area contributed by atoms with Crippen molar-refractivity contribution in [3.05, 3.63) is 36.8 Å². The highest BCUT2D eigenvalue weighted by Crippen LogP contribution is 2.15. The van der Waals surface area contributed by atoms with Crippen LogP contribution in [0.3, 0.4) is 0 Å². The number of nitrogens with zero attached hydrogens (tertiary/aromatic N) is 1. The molecule has 0 aliphatic rings. The van der Waals surface area contributed by atoms with E-state index in [-0.39, 0.29) is 18.2 Å². The maximum atomic E-state index is 11.7. The van der Waals surface area contributed by atoms with E-state index in [1.165, 1.54) is 12.5 Å². The summed E-state index contributed by atoms with van der Waals surface area (Å²) >= 11 is 9.86. The van der Waals surface area contributed by atoms with Crippen molar-refractivity contribution < 1.29 is 47.5 Å². The second-order valence-electron chi connectivity index (χ2n) is 9.70. The summed E-state index contributed by atoms with van der Waals surface area (Å²) in [6.45, 7) is 7.04. The molecular weight excluding hydrogens is 677 g/mol. The molecule has 0 heterocycles. The summed E-state index contributed by atoms with van der Waals surface area (Å²) in [5.74, 6) is -0.144.